The Labute approximate surface area is 114 Å². The van der Waals surface area contributed by atoms with Crippen LogP contribution in [-0.2, 0) is 11.3 Å². The molecule has 5 nitrogen and oxygen atoms in total. The van der Waals surface area contributed by atoms with E-state index in [1.54, 1.807) is 4.90 Å². The summed E-state index contributed by atoms with van der Waals surface area (Å²) in [5.74, 6) is 0. The monoisotopic (exact) mass is 266 g/mol. The van der Waals surface area contributed by atoms with Gasteiger partial charge < -0.3 is 20.1 Å². The fourth-order valence-corrected chi connectivity index (χ4v) is 1.63. The first-order chi connectivity index (χ1) is 9.21. The van der Waals surface area contributed by atoms with Gasteiger partial charge in [0.1, 0.15) is 0 Å². The molecule has 2 N–H and O–H groups in total. The summed E-state index contributed by atoms with van der Waals surface area (Å²) in [7, 11) is 0. The molecule has 1 aromatic rings. The maximum absolute atomic E-state index is 11.9. The molecule has 0 radical (unpaired) electrons. The highest BCUT2D eigenvalue weighted by Gasteiger charge is 2.10. The largest absolute Gasteiger partial charge is 0.395 e. The van der Waals surface area contributed by atoms with Crippen LogP contribution in [0.3, 0.4) is 0 Å². The molecule has 5 heteroatoms. The second-order valence-electron chi connectivity index (χ2n) is 4.07. The zero-order valence-corrected chi connectivity index (χ0v) is 11.6. The highest BCUT2D eigenvalue weighted by molar-refractivity contribution is 5.89. The van der Waals surface area contributed by atoms with Crippen LogP contribution in [-0.4, -0.2) is 42.3 Å². The third-order valence-electron chi connectivity index (χ3n) is 2.72. The third-order valence-corrected chi connectivity index (χ3v) is 2.72. The van der Waals surface area contributed by atoms with Crippen LogP contribution in [0.4, 0.5) is 10.5 Å². The first kappa shape index (κ1) is 15.5. The van der Waals surface area contributed by atoms with Crippen LogP contribution >= 0.6 is 0 Å². The number of hydrogen-bond acceptors (Lipinski definition) is 3. The van der Waals surface area contributed by atoms with Gasteiger partial charge in [0, 0.05) is 25.4 Å². The third kappa shape index (κ3) is 5.28. The van der Waals surface area contributed by atoms with Crippen molar-refractivity contribution in [3.63, 3.8) is 0 Å². The molecule has 0 bridgehead atoms. The maximum atomic E-state index is 11.9. The maximum Gasteiger partial charge on any atom is 0.321 e. The van der Waals surface area contributed by atoms with Gasteiger partial charge in [0.2, 0.25) is 0 Å². The van der Waals surface area contributed by atoms with Gasteiger partial charge >= 0.3 is 6.03 Å². The summed E-state index contributed by atoms with van der Waals surface area (Å²) >= 11 is 0. The number of urea groups is 1. The molecule has 106 valence electrons. The minimum absolute atomic E-state index is 0.0332. The Hall–Kier alpha value is -1.59. The summed E-state index contributed by atoms with van der Waals surface area (Å²) in [6.07, 6.45) is 0. The molecule has 1 rings (SSSR count). The van der Waals surface area contributed by atoms with Gasteiger partial charge in [-0.15, -0.1) is 0 Å². The Morgan fingerprint density at radius 1 is 1.32 bits per heavy atom. The number of rotatable bonds is 7. The predicted molar refractivity (Wildman–Crippen MR) is 75.1 cm³/mol. The summed E-state index contributed by atoms with van der Waals surface area (Å²) in [5, 5.41) is 11.7. The number of hydrogen-bond donors (Lipinski definition) is 2. The van der Waals surface area contributed by atoms with Gasteiger partial charge in [-0.25, -0.2) is 4.79 Å². The molecule has 0 unspecified atom stereocenters. The number of ether oxygens (including phenoxy) is 1. The van der Waals surface area contributed by atoms with E-state index in [1.807, 2.05) is 38.1 Å². The summed E-state index contributed by atoms with van der Waals surface area (Å²) in [6.45, 7) is 5.96. The molecule has 0 atom stereocenters. The second kappa shape index (κ2) is 8.50. The Kier molecular flexibility index (Phi) is 6.92. The molecule has 0 heterocycles. The van der Waals surface area contributed by atoms with E-state index in [1.165, 1.54) is 0 Å². The molecule has 0 saturated carbocycles. The number of carbonyl (C=O) groups excluding carboxylic acids is 1. The Bertz CT molecular complexity index is 379. The number of likely N-dealkylation sites (N-methyl/N-ethyl adjacent to an activating group) is 1. The van der Waals surface area contributed by atoms with Gasteiger partial charge in [0.15, 0.2) is 0 Å². The fourth-order valence-electron chi connectivity index (χ4n) is 1.63. The van der Waals surface area contributed by atoms with Crippen molar-refractivity contribution < 1.29 is 14.6 Å². The molecule has 0 aliphatic heterocycles. The van der Waals surface area contributed by atoms with Crippen LogP contribution in [0.5, 0.6) is 0 Å². The lowest BCUT2D eigenvalue weighted by Gasteiger charge is -2.20. The van der Waals surface area contributed by atoms with E-state index < -0.39 is 0 Å². The van der Waals surface area contributed by atoms with E-state index in [9.17, 15) is 4.79 Å². The zero-order chi connectivity index (χ0) is 14.1. The minimum atomic E-state index is -0.200. The number of anilines is 1. The highest BCUT2D eigenvalue weighted by atomic mass is 16.5. The molecule has 0 aliphatic rings. The number of amides is 2. The molecule has 0 aromatic heterocycles. The molecule has 0 fully saturated rings. The molecular formula is C14H22N2O3. The first-order valence-electron chi connectivity index (χ1n) is 6.54. The first-order valence-corrected chi connectivity index (χ1v) is 6.54. The van der Waals surface area contributed by atoms with Gasteiger partial charge in [0.25, 0.3) is 0 Å². The standard InChI is InChI=1S/C14H22N2O3/c1-3-16(9-10-17)14(18)15-13-7-5-12(6-8-13)11-19-4-2/h5-8,17H,3-4,9-11H2,1-2H3,(H,15,18). The Morgan fingerprint density at radius 3 is 2.53 bits per heavy atom. The van der Waals surface area contributed by atoms with Crippen LogP contribution in [0.25, 0.3) is 0 Å². The average Bonchev–Trinajstić information content (AvgIpc) is 2.43. The van der Waals surface area contributed by atoms with Gasteiger partial charge in [-0.3, -0.25) is 0 Å². The van der Waals surface area contributed by atoms with Crippen molar-refractivity contribution in [1.82, 2.24) is 4.90 Å². The lowest BCUT2D eigenvalue weighted by molar-refractivity contribution is 0.134. The van der Waals surface area contributed by atoms with Crippen molar-refractivity contribution in [2.45, 2.75) is 20.5 Å². The fraction of sp³-hybridized carbons (Fsp3) is 0.500. The minimum Gasteiger partial charge on any atom is -0.395 e. The van der Waals surface area contributed by atoms with Crippen molar-refractivity contribution in [3.8, 4) is 0 Å². The number of aliphatic hydroxyl groups excluding tert-OH is 1. The lowest BCUT2D eigenvalue weighted by atomic mass is 10.2. The van der Waals surface area contributed by atoms with E-state index in [0.717, 1.165) is 11.3 Å². The summed E-state index contributed by atoms with van der Waals surface area (Å²) in [4.78, 5) is 13.4. The summed E-state index contributed by atoms with van der Waals surface area (Å²) < 4.78 is 5.30. The second-order valence-corrected chi connectivity index (χ2v) is 4.07. The highest BCUT2D eigenvalue weighted by Crippen LogP contribution is 2.11. The normalized spacial score (nSPS) is 10.3. The number of benzene rings is 1. The van der Waals surface area contributed by atoms with Crippen LogP contribution in [0.1, 0.15) is 19.4 Å². The quantitative estimate of drug-likeness (QED) is 0.794. The number of nitrogens with zero attached hydrogens (tertiary/aromatic N) is 1. The van der Waals surface area contributed by atoms with Gasteiger partial charge in [0.05, 0.1) is 13.2 Å². The smallest absolute Gasteiger partial charge is 0.321 e. The van der Waals surface area contributed by atoms with Crippen LogP contribution < -0.4 is 5.32 Å². The predicted octanol–water partition coefficient (Wildman–Crippen LogP) is 2.07. The Balaban J connectivity index is 2.54. The van der Waals surface area contributed by atoms with Crippen molar-refractivity contribution in [2.75, 3.05) is 31.6 Å². The van der Waals surface area contributed by atoms with E-state index >= 15 is 0 Å². The number of aliphatic hydroxyl groups is 1. The van der Waals surface area contributed by atoms with E-state index in [-0.39, 0.29) is 12.6 Å². The molecule has 0 saturated heterocycles. The van der Waals surface area contributed by atoms with E-state index in [4.69, 9.17) is 9.84 Å². The number of carbonyl (C=O) groups is 1. The van der Waals surface area contributed by atoms with E-state index in [0.29, 0.717) is 26.3 Å². The average molecular weight is 266 g/mol. The zero-order valence-electron chi connectivity index (χ0n) is 11.6. The van der Waals surface area contributed by atoms with E-state index in [2.05, 4.69) is 5.32 Å². The number of nitrogens with one attached hydrogen (secondary N) is 1. The topological polar surface area (TPSA) is 61.8 Å². The molecule has 0 spiro atoms. The molecule has 0 aliphatic carbocycles. The van der Waals surface area contributed by atoms with Crippen molar-refractivity contribution in [1.29, 1.82) is 0 Å². The van der Waals surface area contributed by atoms with Crippen LogP contribution in [0.15, 0.2) is 24.3 Å². The van der Waals surface area contributed by atoms with Crippen molar-refractivity contribution in [3.05, 3.63) is 29.8 Å². The van der Waals surface area contributed by atoms with Gasteiger partial charge in [-0.2, -0.15) is 0 Å². The summed E-state index contributed by atoms with van der Waals surface area (Å²) in [6, 6.07) is 7.34. The molecule has 2 amide bonds. The van der Waals surface area contributed by atoms with Crippen LogP contribution in [0, 0.1) is 0 Å². The van der Waals surface area contributed by atoms with Gasteiger partial charge in [-0.05, 0) is 31.5 Å². The Morgan fingerprint density at radius 2 is 2.00 bits per heavy atom. The lowest BCUT2D eigenvalue weighted by Crippen LogP contribution is -2.36. The SMILES string of the molecule is CCOCc1ccc(NC(=O)N(CC)CCO)cc1. The molecular weight excluding hydrogens is 244 g/mol. The summed E-state index contributed by atoms with van der Waals surface area (Å²) in [5.41, 5.74) is 1.81. The van der Waals surface area contributed by atoms with Crippen molar-refractivity contribution >= 4 is 11.7 Å². The van der Waals surface area contributed by atoms with Crippen LogP contribution in [0.2, 0.25) is 0 Å². The van der Waals surface area contributed by atoms with Crippen molar-refractivity contribution in [2.24, 2.45) is 0 Å². The van der Waals surface area contributed by atoms with Gasteiger partial charge in [-0.1, -0.05) is 12.1 Å². The molecule has 19 heavy (non-hydrogen) atoms. The molecule has 1 aromatic carbocycles.